The minimum atomic E-state index is -0.157. The number of methoxy groups -OCH3 is 1. The van der Waals surface area contributed by atoms with E-state index in [0.29, 0.717) is 6.61 Å². The van der Waals surface area contributed by atoms with Gasteiger partial charge in [-0.2, -0.15) is 0 Å². The molecule has 1 aromatic rings. The highest BCUT2D eigenvalue weighted by Crippen LogP contribution is 2.23. The quantitative estimate of drug-likeness (QED) is 0.845. The Morgan fingerprint density at radius 3 is 2.67 bits per heavy atom. The number of aromatic nitrogens is 1. The molecule has 1 rings (SSSR count). The number of pyridine rings is 1. The highest BCUT2D eigenvalue weighted by molar-refractivity contribution is 5.29. The summed E-state index contributed by atoms with van der Waals surface area (Å²) in [6.07, 6.45) is 1.78. The van der Waals surface area contributed by atoms with Crippen LogP contribution < -0.4 is 10.1 Å². The van der Waals surface area contributed by atoms with Gasteiger partial charge in [-0.3, -0.25) is 4.98 Å². The van der Waals surface area contributed by atoms with Crippen LogP contribution in [0.5, 0.6) is 5.75 Å². The Morgan fingerprint density at radius 1 is 1.39 bits per heavy atom. The van der Waals surface area contributed by atoms with E-state index in [0.717, 1.165) is 18.0 Å². The molecule has 4 heteroatoms. The lowest BCUT2D eigenvalue weighted by molar-refractivity contribution is -0.0153. The molecule has 102 valence electrons. The summed E-state index contributed by atoms with van der Waals surface area (Å²) < 4.78 is 11.2. The highest BCUT2D eigenvalue weighted by Gasteiger charge is 2.20. The van der Waals surface area contributed by atoms with E-state index in [1.807, 2.05) is 32.9 Å². The molecule has 0 aliphatic carbocycles. The fourth-order valence-corrected chi connectivity index (χ4v) is 1.65. The summed E-state index contributed by atoms with van der Waals surface area (Å²) in [5.41, 5.74) is 0.737. The first-order chi connectivity index (χ1) is 8.48. The van der Waals surface area contributed by atoms with Crippen LogP contribution in [0.15, 0.2) is 18.3 Å². The van der Waals surface area contributed by atoms with Crippen LogP contribution in [0.25, 0.3) is 0 Å². The topological polar surface area (TPSA) is 43.4 Å². The van der Waals surface area contributed by atoms with Crippen molar-refractivity contribution in [1.29, 1.82) is 0 Å². The molecule has 0 bridgehead atoms. The number of nitrogens with one attached hydrogen (secondary N) is 1. The molecule has 0 aromatic carbocycles. The summed E-state index contributed by atoms with van der Waals surface area (Å²) in [5, 5.41) is 3.38. The number of rotatable bonds is 6. The zero-order valence-electron chi connectivity index (χ0n) is 12.0. The molecule has 1 heterocycles. The first-order valence-electron chi connectivity index (χ1n) is 6.34. The van der Waals surface area contributed by atoms with Crippen molar-refractivity contribution in [3.63, 3.8) is 0 Å². The second kappa shape index (κ2) is 6.71. The largest absolute Gasteiger partial charge is 0.495 e. The van der Waals surface area contributed by atoms with Gasteiger partial charge in [0.2, 0.25) is 0 Å². The normalized spacial score (nSPS) is 13.4. The molecule has 1 aromatic heterocycles. The molecular formula is C14H24N2O2. The van der Waals surface area contributed by atoms with Crippen molar-refractivity contribution >= 4 is 0 Å². The van der Waals surface area contributed by atoms with Gasteiger partial charge < -0.3 is 14.8 Å². The third-order valence-electron chi connectivity index (χ3n) is 2.48. The first-order valence-corrected chi connectivity index (χ1v) is 6.34. The summed E-state index contributed by atoms with van der Waals surface area (Å²) in [6, 6.07) is 3.84. The van der Waals surface area contributed by atoms with Gasteiger partial charge in [0.1, 0.15) is 11.4 Å². The van der Waals surface area contributed by atoms with E-state index < -0.39 is 0 Å². The van der Waals surface area contributed by atoms with Crippen LogP contribution in [0.2, 0.25) is 0 Å². The number of hydrogen-bond donors (Lipinski definition) is 1. The van der Waals surface area contributed by atoms with Gasteiger partial charge in [0.15, 0.2) is 0 Å². The van der Waals surface area contributed by atoms with Crippen LogP contribution in [0, 0.1) is 0 Å². The van der Waals surface area contributed by atoms with Gasteiger partial charge in [-0.1, -0.05) is 6.92 Å². The van der Waals surface area contributed by atoms with Gasteiger partial charge in [0.25, 0.3) is 0 Å². The average molecular weight is 252 g/mol. The van der Waals surface area contributed by atoms with Crippen molar-refractivity contribution in [1.82, 2.24) is 10.3 Å². The molecule has 4 nitrogen and oxygen atoms in total. The molecule has 1 unspecified atom stereocenters. The maximum atomic E-state index is 5.84. The Bertz CT molecular complexity index is 361. The fourth-order valence-electron chi connectivity index (χ4n) is 1.65. The molecule has 0 amide bonds. The van der Waals surface area contributed by atoms with E-state index >= 15 is 0 Å². The van der Waals surface area contributed by atoms with Gasteiger partial charge in [0, 0.05) is 6.20 Å². The van der Waals surface area contributed by atoms with Crippen molar-refractivity contribution < 1.29 is 9.47 Å². The van der Waals surface area contributed by atoms with Crippen molar-refractivity contribution in [3.05, 3.63) is 24.0 Å². The maximum absolute atomic E-state index is 5.84. The summed E-state index contributed by atoms with van der Waals surface area (Å²) in [7, 11) is 1.66. The van der Waals surface area contributed by atoms with E-state index in [9.17, 15) is 0 Å². The smallest absolute Gasteiger partial charge is 0.142 e. The lowest BCUT2D eigenvalue weighted by Gasteiger charge is -2.25. The van der Waals surface area contributed by atoms with Gasteiger partial charge in [-0.15, -0.1) is 0 Å². The third-order valence-corrected chi connectivity index (χ3v) is 2.48. The molecule has 0 radical (unpaired) electrons. The summed E-state index contributed by atoms with van der Waals surface area (Å²) in [6.45, 7) is 9.64. The van der Waals surface area contributed by atoms with Crippen LogP contribution in [-0.4, -0.2) is 30.8 Å². The van der Waals surface area contributed by atoms with E-state index in [1.165, 1.54) is 0 Å². The summed E-state index contributed by atoms with van der Waals surface area (Å²) in [5.74, 6) is 0.793. The summed E-state index contributed by atoms with van der Waals surface area (Å²) >= 11 is 0. The zero-order valence-corrected chi connectivity index (χ0v) is 12.0. The lowest BCUT2D eigenvalue weighted by Crippen LogP contribution is -2.31. The van der Waals surface area contributed by atoms with Crippen LogP contribution in [0.4, 0.5) is 0 Å². The van der Waals surface area contributed by atoms with Gasteiger partial charge in [0.05, 0.1) is 25.4 Å². The van der Waals surface area contributed by atoms with Gasteiger partial charge in [-0.05, 0) is 39.4 Å². The molecule has 0 fully saturated rings. The van der Waals surface area contributed by atoms with Crippen LogP contribution in [-0.2, 0) is 4.74 Å². The Balaban J connectivity index is 2.83. The number of ether oxygens (including phenoxy) is 2. The van der Waals surface area contributed by atoms with E-state index in [1.54, 1.807) is 13.3 Å². The highest BCUT2D eigenvalue weighted by atomic mass is 16.5. The minimum Gasteiger partial charge on any atom is -0.495 e. The molecule has 1 atom stereocenters. The van der Waals surface area contributed by atoms with Gasteiger partial charge >= 0.3 is 0 Å². The number of nitrogens with zero attached hydrogens (tertiary/aromatic N) is 1. The van der Waals surface area contributed by atoms with Crippen molar-refractivity contribution in [2.45, 2.75) is 39.3 Å². The molecular weight excluding hydrogens is 228 g/mol. The Kier molecular flexibility index (Phi) is 5.56. The Labute approximate surface area is 110 Å². The van der Waals surface area contributed by atoms with Gasteiger partial charge in [-0.25, -0.2) is 0 Å². The van der Waals surface area contributed by atoms with Crippen LogP contribution >= 0.6 is 0 Å². The van der Waals surface area contributed by atoms with Crippen LogP contribution in [0.3, 0.4) is 0 Å². The average Bonchev–Trinajstić information content (AvgIpc) is 2.33. The summed E-state index contributed by atoms with van der Waals surface area (Å²) in [4.78, 5) is 4.40. The van der Waals surface area contributed by atoms with Crippen molar-refractivity contribution in [2.75, 3.05) is 20.3 Å². The second-order valence-electron chi connectivity index (χ2n) is 5.12. The monoisotopic (exact) mass is 252 g/mol. The molecule has 18 heavy (non-hydrogen) atoms. The molecule has 0 saturated carbocycles. The molecule has 0 spiro atoms. The third kappa shape index (κ3) is 4.63. The minimum absolute atomic E-state index is 0.0466. The lowest BCUT2D eigenvalue weighted by atomic mass is 10.1. The van der Waals surface area contributed by atoms with E-state index in [4.69, 9.17) is 9.47 Å². The molecule has 0 aliphatic rings. The second-order valence-corrected chi connectivity index (χ2v) is 5.12. The molecule has 0 aliphatic heterocycles. The van der Waals surface area contributed by atoms with Crippen molar-refractivity contribution in [3.8, 4) is 5.75 Å². The maximum Gasteiger partial charge on any atom is 0.142 e. The standard InChI is InChI=1S/C14H24N2O2/c1-6-15-11(10-18-14(2,3)4)13-12(17-5)8-7-9-16-13/h7-9,11,15H,6,10H2,1-5H3. The number of likely N-dealkylation sites (N-methyl/N-ethyl adjacent to an activating group) is 1. The fraction of sp³-hybridized carbons (Fsp3) is 0.643. The molecule has 0 saturated heterocycles. The van der Waals surface area contributed by atoms with E-state index in [-0.39, 0.29) is 11.6 Å². The number of hydrogen-bond acceptors (Lipinski definition) is 4. The van der Waals surface area contributed by atoms with Crippen molar-refractivity contribution in [2.24, 2.45) is 0 Å². The van der Waals surface area contributed by atoms with E-state index in [2.05, 4.69) is 17.2 Å². The Morgan fingerprint density at radius 2 is 2.11 bits per heavy atom. The zero-order chi connectivity index (χ0) is 13.6. The predicted octanol–water partition coefficient (Wildman–Crippen LogP) is 2.56. The predicted molar refractivity (Wildman–Crippen MR) is 72.9 cm³/mol. The Hall–Kier alpha value is -1.13. The van der Waals surface area contributed by atoms with Crippen LogP contribution in [0.1, 0.15) is 39.4 Å². The SMILES string of the molecule is CCNC(COC(C)(C)C)c1ncccc1OC. The first kappa shape index (κ1) is 14.9. The molecule has 1 N–H and O–H groups in total.